The van der Waals surface area contributed by atoms with E-state index in [0.717, 1.165) is 5.52 Å². The molecule has 3 aromatic rings. The van der Waals surface area contributed by atoms with Crippen molar-refractivity contribution in [3.05, 3.63) is 71.5 Å². The van der Waals surface area contributed by atoms with E-state index in [2.05, 4.69) is 9.97 Å². The molecule has 1 aromatic heterocycles. The van der Waals surface area contributed by atoms with Gasteiger partial charge in [0.15, 0.2) is 0 Å². The van der Waals surface area contributed by atoms with E-state index in [0.29, 0.717) is 16.3 Å². The molecule has 2 N–H and O–H groups in total. The molecule has 134 valence electrons. The van der Waals surface area contributed by atoms with E-state index >= 15 is 0 Å². The number of para-hydroxylation sites is 2. The first kappa shape index (κ1) is 16.8. The molecule has 8 nitrogen and oxygen atoms in total. The minimum Gasteiger partial charge on any atom is -0.328 e. The quantitative estimate of drug-likeness (QED) is 0.695. The highest BCUT2D eigenvalue weighted by Crippen LogP contribution is 2.23. The Hall–Kier alpha value is -3.65. The first-order valence-corrected chi connectivity index (χ1v) is 8.20. The molecule has 0 aliphatic carbocycles. The fraction of sp³-hybridized carbons (Fsp3) is 0.105. The molecule has 27 heavy (non-hydrogen) atoms. The van der Waals surface area contributed by atoms with Crippen LogP contribution in [-0.4, -0.2) is 38.9 Å². The topological polar surface area (TPSA) is 115 Å². The van der Waals surface area contributed by atoms with Gasteiger partial charge >= 0.3 is 5.97 Å². The van der Waals surface area contributed by atoms with Crippen molar-refractivity contribution >= 4 is 28.8 Å². The maximum Gasteiger partial charge on any atom is 0.350 e. The van der Waals surface area contributed by atoms with E-state index in [1.54, 1.807) is 18.2 Å². The molecule has 0 saturated heterocycles. The average Bonchev–Trinajstić information content (AvgIpc) is 2.93. The van der Waals surface area contributed by atoms with Crippen molar-refractivity contribution in [1.29, 1.82) is 0 Å². The molecular formula is C19H14N4O4. The number of fused-ring (bicyclic) bond motifs is 2. The van der Waals surface area contributed by atoms with Crippen LogP contribution in [0.1, 0.15) is 26.4 Å². The lowest BCUT2D eigenvalue weighted by molar-refractivity contribution is -0.170. The SMILES string of the molecule is N[C@@H](Cc1cnc2ccccc2n1)C(=O)ON1C(=O)c2ccccc2C1=O. The lowest BCUT2D eigenvalue weighted by Gasteiger charge is -2.16. The Kier molecular flexibility index (Phi) is 4.09. The van der Waals surface area contributed by atoms with Gasteiger partial charge in [-0.05, 0) is 24.3 Å². The number of nitrogens with zero attached hydrogens (tertiary/aromatic N) is 3. The van der Waals surface area contributed by atoms with Crippen LogP contribution in [-0.2, 0) is 16.1 Å². The largest absolute Gasteiger partial charge is 0.350 e. The summed E-state index contributed by atoms with van der Waals surface area (Å²) in [6, 6.07) is 12.4. The average molecular weight is 362 g/mol. The maximum absolute atomic E-state index is 12.3. The van der Waals surface area contributed by atoms with Gasteiger partial charge in [-0.1, -0.05) is 29.3 Å². The van der Waals surface area contributed by atoms with Gasteiger partial charge in [0.2, 0.25) is 0 Å². The summed E-state index contributed by atoms with van der Waals surface area (Å²) in [6.45, 7) is 0. The summed E-state index contributed by atoms with van der Waals surface area (Å²) in [7, 11) is 0. The number of hydrogen-bond donors (Lipinski definition) is 1. The zero-order valence-corrected chi connectivity index (χ0v) is 14.0. The van der Waals surface area contributed by atoms with Crippen molar-refractivity contribution in [2.45, 2.75) is 12.5 Å². The van der Waals surface area contributed by atoms with E-state index < -0.39 is 23.8 Å². The Morgan fingerprint density at radius 1 is 1.00 bits per heavy atom. The Morgan fingerprint density at radius 3 is 2.26 bits per heavy atom. The maximum atomic E-state index is 12.3. The molecule has 1 aliphatic heterocycles. The molecule has 8 heteroatoms. The monoisotopic (exact) mass is 362 g/mol. The minimum atomic E-state index is -1.11. The van der Waals surface area contributed by atoms with E-state index in [9.17, 15) is 14.4 Å². The molecule has 2 amide bonds. The number of carbonyl (C=O) groups is 3. The predicted octanol–water partition coefficient (Wildman–Crippen LogP) is 1.25. The van der Waals surface area contributed by atoms with Crippen molar-refractivity contribution in [2.24, 2.45) is 5.73 Å². The van der Waals surface area contributed by atoms with Crippen molar-refractivity contribution in [1.82, 2.24) is 15.0 Å². The molecule has 1 aliphatic rings. The highest BCUT2D eigenvalue weighted by molar-refractivity contribution is 6.20. The Labute approximate surface area is 153 Å². The lowest BCUT2D eigenvalue weighted by atomic mass is 10.1. The first-order valence-electron chi connectivity index (χ1n) is 8.20. The highest BCUT2D eigenvalue weighted by atomic mass is 16.7. The van der Waals surface area contributed by atoms with Gasteiger partial charge in [0.25, 0.3) is 11.8 Å². The van der Waals surface area contributed by atoms with Gasteiger partial charge in [-0.3, -0.25) is 14.6 Å². The molecule has 0 bridgehead atoms. The van der Waals surface area contributed by atoms with Crippen molar-refractivity contribution in [3.63, 3.8) is 0 Å². The number of aromatic nitrogens is 2. The van der Waals surface area contributed by atoms with Crippen molar-refractivity contribution < 1.29 is 19.2 Å². The minimum absolute atomic E-state index is 0.0554. The Morgan fingerprint density at radius 2 is 1.59 bits per heavy atom. The van der Waals surface area contributed by atoms with E-state index in [1.807, 2.05) is 18.2 Å². The van der Waals surface area contributed by atoms with Crippen LogP contribution in [0.3, 0.4) is 0 Å². The van der Waals surface area contributed by atoms with Gasteiger partial charge in [0, 0.05) is 12.6 Å². The third kappa shape index (κ3) is 3.02. The third-order valence-electron chi connectivity index (χ3n) is 4.17. The standard InChI is InChI=1S/C19H14N4O4/c20-14(9-11-10-21-15-7-3-4-8-16(15)22-11)19(26)27-23-17(24)12-5-1-2-6-13(12)18(23)25/h1-8,10,14H,9,20H2/t14-/m0/s1. The molecule has 0 spiro atoms. The summed E-state index contributed by atoms with van der Waals surface area (Å²) < 4.78 is 0. The normalized spacial score (nSPS) is 14.3. The first-order chi connectivity index (χ1) is 13.0. The van der Waals surface area contributed by atoms with Crippen LogP contribution in [0.2, 0.25) is 0 Å². The number of carbonyl (C=O) groups excluding carboxylic acids is 3. The number of hydroxylamine groups is 2. The molecule has 2 heterocycles. The molecule has 0 radical (unpaired) electrons. The van der Waals surface area contributed by atoms with Crippen molar-refractivity contribution in [2.75, 3.05) is 0 Å². The van der Waals surface area contributed by atoms with E-state index in [1.165, 1.54) is 18.3 Å². The summed E-state index contributed by atoms with van der Waals surface area (Å²) in [5, 5.41) is 0.443. The van der Waals surface area contributed by atoms with Gasteiger partial charge in [0.1, 0.15) is 6.04 Å². The lowest BCUT2D eigenvalue weighted by Crippen LogP contribution is -2.41. The number of benzene rings is 2. The molecule has 2 aromatic carbocycles. The van der Waals surface area contributed by atoms with Crippen LogP contribution in [0.5, 0.6) is 0 Å². The van der Waals surface area contributed by atoms with Gasteiger partial charge in [-0.15, -0.1) is 0 Å². The van der Waals surface area contributed by atoms with Crippen LogP contribution >= 0.6 is 0 Å². The van der Waals surface area contributed by atoms with Gasteiger partial charge < -0.3 is 10.6 Å². The summed E-state index contributed by atoms with van der Waals surface area (Å²) in [5.41, 5.74) is 8.15. The Bertz CT molecular complexity index is 1050. The van der Waals surface area contributed by atoms with E-state index in [4.69, 9.17) is 10.6 Å². The fourth-order valence-corrected chi connectivity index (χ4v) is 2.81. The summed E-state index contributed by atoms with van der Waals surface area (Å²) in [6.07, 6.45) is 1.58. The van der Waals surface area contributed by atoms with Crippen LogP contribution in [0.15, 0.2) is 54.7 Å². The van der Waals surface area contributed by atoms with E-state index in [-0.39, 0.29) is 17.5 Å². The second-order valence-corrected chi connectivity index (χ2v) is 6.02. The number of nitrogens with two attached hydrogens (primary N) is 1. The second-order valence-electron chi connectivity index (χ2n) is 6.02. The van der Waals surface area contributed by atoms with Crippen LogP contribution in [0.4, 0.5) is 0 Å². The molecule has 1 atom stereocenters. The number of amides is 2. The van der Waals surface area contributed by atoms with Gasteiger partial charge in [0.05, 0.1) is 27.9 Å². The predicted molar refractivity (Wildman–Crippen MR) is 94.3 cm³/mol. The second kappa shape index (κ2) is 6.58. The summed E-state index contributed by atoms with van der Waals surface area (Å²) in [5.74, 6) is -2.29. The zero-order valence-electron chi connectivity index (χ0n) is 14.0. The van der Waals surface area contributed by atoms with Crippen molar-refractivity contribution in [3.8, 4) is 0 Å². The zero-order chi connectivity index (χ0) is 19.0. The van der Waals surface area contributed by atoms with Gasteiger partial charge in [-0.25, -0.2) is 9.78 Å². The summed E-state index contributed by atoms with van der Waals surface area (Å²) >= 11 is 0. The van der Waals surface area contributed by atoms with Crippen LogP contribution < -0.4 is 5.73 Å². The summed E-state index contributed by atoms with van der Waals surface area (Å²) in [4.78, 5) is 50.4. The van der Waals surface area contributed by atoms with Crippen LogP contribution in [0, 0.1) is 0 Å². The third-order valence-corrected chi connectivity index (χ3v) is 4.17. The molecule has 0 saturated carbocycles. The molecule has 0 fully saturated rings. The Balaban J connectivity index is 1.46. The molecule has 4 rings (SSSR count). The highest BCUT2D eigenvalue weighted by Gasteiger charge is 2.39. The van der Waals surface area contributed by atoms with Crippen LogP contribution in [0.25, 0.3) is 11.0 Å². The fourth-order valence-electron chi connectivity index (χ4n) is 2.81. The van der Waals surface area contributed by atoms with Gasteiger partial charge in [-0.2, -0.15) is 0 Å². The molecule has 0 unspecified atom stereocenters. The molecular weight excluding hydrogens is 348 g/mol. The number of imide groups is 1. The smallest absolute Gasteiger partial charge is 0.328 e. The number of hydrogen-bond acceptors (Lipinski definition) is 7. The number of rotatable bonds is 4.